The zero-order valence-electron chi connectivity index (χ0n) is 7.81. The number of rotatable bonds is 3. The van der Waals surface area contributed by atoms with E-state index in [1.54, 1.807) is 12.1 Å². The zero-order valence-corrected chi connectivity index (χ0v) is 8.63. The average Bonchev–Trinajstić information content (AvgIpc) is 2.74. The van der Waals surface area contributed by atoms with Crippen molar-refractivity contribution in [1.29, 1.82) is 0 Å². The smallest absolute Gasteiger partial charge is 0.260 e. The SMILES string of the molecule is NCc1cccc(F)c1Sc1ncco1. The van der Waals surface area contributed by atoms with E-state index in [1.807, 2.05) is 0 Å². The van der Waals surface area contributed by atoms with Crippen LogP contribution in [0.3, 0.4) is 0 Å². The Morgan fingerprint density at radius 2 is 2.33 bits per heavy atom. The third kappa shape index (κ3) is 2.19. The second kappa shape index (κ2) is 4.46. The van der Waals surface area contributed by atoms with Crippen LogP contribution in [0.5, 0.6) is 0 Å². The largest absolute Gasteiger partial charge is 0.440 e. The van der Waals surface area contributed by atoms with E-state index in [-0.39, 0.29) is 5.82 Å². The molecule has 0 bridgehead atoms. The van der Waals surface area contributed by atoms with E-state index in [0.717, 1.165) is 17.3 Å². The van der Waals surface area contributed by atoms with Crippen LogP contribution in [0.2, 0.25) is 0 Å². The fourth-order valence-electron chi connectivity index (χ4n) is 1.18. The molecule has 0 atom stereocenters. The molecule has 0 fully saturated rings. The van der Waals surface area contributed by atoms with Crippen LogP contribution in [0, 0.1) is 5.82 Å². The summed E-state index contributed by atoms with van der Waals surface area (Å²) in [5.74, 6) is -0.304. The van der Waals surface area contributed by atoms with Crippen LogP contribution in [0.4, 0.5) is 4.39 Å². The minimum Gasteiger partial charge on any atom is -0.440 e. The Balaban J connectivity index is 2.34. The molecule has 1 aromatic carbocycles. The maximum Gasteiger partial charge on any atom is 0.260 e. The maximum atomic E-state index is 13.5. The first-order valence-corrected chi connectivity index (χ1v) is 5.17. The minimum absolute atomic E-state index is 0.292. The molecule has 78 valence electrons. The normalized spacial score (nSPS) is 10.5. The van der Waals surface area contributed by atoms with Crippen LogP contribution < -0.4 is 5.73 Å². The second-order valence-corrected chi connectivity index (χ2v) is 3.79. The van der Waals surface area contributed by atoms with E-state index in [0.29, 0.717) is 16.7 Å². The molecule has 0 amide bonds. The summed E-state index contributed by atoms with van der Waals surface area (Å²) in [4.78, 5) is 4.39. The van der Waals surface area contributed by atoms with Gasteiger partial charge in [0.2, 0.25) is 0 Å². The van der Waals surface area contributed by atoms with Crippen LogP contribution >= 0.6 is 11.8 Å². The minimum atomic E-state index is -0.304. The molecule has 15 heavy (non-hydrogen) atoms. The summed E-state index contributed by atoms with van der Waals surface area (Å²) in [6.45, 7) is 0.292. The molecule has 0 radical (unpaired) electrons. The number of benzene rings is 1. The summed E-state index contributed by atoms with van der Waals surface area (Å²) < 4.78 is 18.5. The lowest BCUT2D eigenvalue weighted by Crippen LogP contribution is -1.99. The predicted octanol–water partition coefficient (Wildman–Crippen LogP) is 2.42. The van der Waals surface area contributed by atoms with Gasteiger partial charge in [-0.3, -0.25) is 0 Å². The van der Waals surface area contributed by atoms with Crippen molar-refractivity contribution in [3.8, 4) is 0 Å². The number of nitrogens with two attached hydrogens (primary N) is 1. The van der Waals surface area contributed by atoms with E-state index in [9.17, 15) is 4.39 Å². The molecular formula is C10H9FN2OS. The molecule has 0 saturated heterocycles. The Morgan fingerprint density at radius 3 is 3.00 bits per heavy atom. The highest BCUT2D eigenvalue weighted by atomic mass is 32.2. The number of hydrogen-bond acceptors (Lipinski definition) is 4. The molecule has 0 saturated carbocycles. The van der Waals surface area contributed by atoms with E-state index in [1.165, 1.54) is 18.5 Å². The Labute approximate surface area is 90.5 Å². The van der Waals surface area contributed by atoms with Crippen molar-refractivity contribution in [2.45, 2.75) is 16.7 Å². The lowest BCUT2D eigenvalue weighted by atomic mass is 10.2. The van der Waals surface area contributed by atoms with Gasteiger partial charge in [0.25, 0.3) is 5.22 Å². The Hall–Kier alpha value is -1.33. The molecular weight excluding hydrogens is 215 g/mol. The van der Waals surface area contributed by atoms with E-state index in [2.05, 4.69) is 4.98 Å². The van der Waals surface area contributed by atoms with Crippen molar-refractivity contribution >= 4 is 11.8 Å². The van der Waals surface area contributed by atoms with Crippen molar-refractivity contribution in [1.82, 2.24) is 4.98 Å². The topological polar surface area (TPSA) is 52.0 Å². The summed E-state index contributed by atoms with van der Waals surface area (Å²) in [5.41, 5.74) is 6.27. The van der Waals surface area contributed by atoms with Gasteiger partial charge in [-0.1, -0.05) is 12.1 Å². The van der Waals surface area contributed by atoms with Gasteiger partial charge in [-0.25, -0.2) is 9.37 Å². The quantitative estimate of drug-likeness (QED) is 0.869. The van der Waals surface area contributed by atoms with Gasteiger partial charge in [0.05, 0.1) is 11.1 Å². The summed E-state index contributed by atoms with van der Waals surface area (Å²) in [5, 5.41) is 0.412. The summed E-state index contributed by atoms with van der Waals surface area (Å²) in [6.07, 6.45) is 2.97. The first-order valence-electron chi connectivity index (χ1n) is 4.36. The van der Waals surface area contributed by atoms with Gasteiger partial charge in [0.1, 0.15) is 12.1 Å². The summed E-state index contributed by atoms with van der Waals surface area (Å²) in [7, 11) is 0. The fourth-order valence-corrected chi connectivity index (χ4v) is 2.02. The molecule has 0 aliphatic carbocycles. The molecule has 2 N–H and O–H groups in total. The molecule has 0 spiro atoms. The number of nitrogens with zero attached hydrogens (tertiary/aromatic N) is 1. The first-order chi connectivity index (χ1) is 7.31. The standard InChI is InChI=1S/C10H9FN2OS/c11-8-3-1-2-7(6-12)9(8)15-10-13-4-5-14-10/h1-5H,6,12H2. The van der Waals surface area contributed by atoms with Gasteiger partial charge in [-0.15, -0.1) is 0 Å². The third-order valence-corrected chi connectivity index (χ3v) is 2.91. The highest BCUT2D eigenvalue weighted by Gasteiger charge is 2.11. The molecule has 2 rings (SSSR count). The molecule has 5 heteroatoms. The van der Waals surface area contributed by atoms with Gasteiger partial charge in [-0.05, 0) is 23.4 Å². The van der Waals surface area contributed by atoms with Crippen molar-refractivity contribution in [3.63, 3.8) is 0 Å². The number of aromatic nitrogens is 1. The molecule has 1 heterocycles. The van der Waals surface area contributed by atoms with Crippen LogP contribution in [0.15, 0.2) is 45.2 Å². The van der Waals surface area contributed by atoms with E-state index in [4.69, 9.17) is 10.2 Å². The molecule has 0 unspecified atom stereocenters. The maximum absolute atomic E-state index is 13.5. The fraction of sp³-hybridized carbons (Fsp3) is 0.100. The molecule has 3 nitrogen and oxygen atoms in total. The van der Waals surface area contributed by atoms with E-state index >= 15 is 0 Å². The van der Waals surface area contributed by atoms with Crippen molar-refractivity contribution in [2.24, 2.45) is 5.73 Å². The lowest BCUT2D eigenvalue weighted by molar-refractivity contribution is 0.453. The van der Waals surface area contributed by atoms with Crippen LogP contribution in [-0.2, 0) is 6.54 Å². The second-order valence-electron chi connectivity index (χ2n) is 2.83. The monoisotopic (exact) mass is 224 g/mol. The Bertz CT molecular complexity index is 445. The van der Waals surface area contributed by atoms with Crippen molar-refractivity contribution in [2.75, 3.05) is 0 Å². The molecule has 0 aliphatic heterocycles. The number of oxazole rings is 1. The highest BCUT2D eigenvalue weighted by Crippen LogP contribution is 2.31. The molecule has 2 aromatic rings. The van der Waals surface area contributed by atoms with Crippen LogP contribution in [-0.4, -0.2) is 4.98 Å². The number of halogens is 1. The number of hydrogen-bond donors (Lipinski definition) is 1. The Morgan fingerprint density at radius 1 is 1.47 bits per heavy atom. The Kier molecular flexibility index (Phi) is 3.03. The van der Waals surface area contributed by atoms with E-state index < -0.39 is 0 Å². The van der Waals surface area contributed by atoms with Gasteiger partial charge in [-0.2, -0.15) is 0 Å². The molecule has 0 aliphatic rings. The highest BCUT2D eigenvalue weighted by molar-refractivity contribution is 7.99. The third-order valence-electron chi connectivity index (χ3n) is 1.87. The summed E-state index contributed by atoms with van der Waals surface area (Å²) in [6, 6.07) is 4.82. The average molecular weight is 224 g/mol. The predicted molar refractivity (Wildman–Crippen MR) is 54.9 cm³/mol. The lowest BCUT2D eigenvalue weighted by Gasteiger charge is -2.05. The van der Waals surface area contributed by atoms with Crippen molar-refractivity contribution < 1.29 is 8.81 Å². The van der Waals surface area contributed by atoms with Gasteiger partial charge in [0, 0.05) is 6.54 Å². The van der Waals surface area contributed by atoms with Gasteiger partial charge >= 0.3 is 0 Å². The van der Waals surface area contributed by atoms with Crippen LogP contribution in [0.25, 0.3) is 0 Å². The summed E-state index contributed by atoms with van der Waals surface area (Å²) >= 11 is 1.14. The zero-order chi connectivity index (χ0) is 10.7. The van der Waals surface area contributed by atoms with Gasteiger partial charge < -0.3 is 10.2 Å². The van der Waals surface area contributed by atoms with Crippen LogP contribution in [0.1, 0.15) is 5.56 Å². The van der Waals surface area contributed by atoms with Gasteiger partial charge in [0.15, 0.2) is 0 Å². The molecule has 1 aromatic heterocycles. The van der Waals surface area contributed by atoms with Crippen molar-refractivity contribution in [3.05, 3.63) is 42.0 Å². The first kappa shape index (κ1) is 10.2.